The highest BCUT2D eigenvalue weighted by molar-refractivity contribution is 7.89. The van der Waals surface area contributed by atoms with Crippen LogP contribution >= 0.6 is 22.9 Å². The molecule has 2 aromatic carbocycles. The molecule has 1 aliphatic heterocycles. The van der Waals surface area contributed by atoms with Gasteiger partial charge in [-0.1, -0.05) is 41.9 Å². The zero-order valence-electron chi connectivity index (χ0n) is 17.0. The zero-order chi connectivity index (χ0) is 22.7. The van der Waals surface area contributed by atoms with Crippen LogP contribution in [0, 0.1) is 5.82 Å². The monoisotopic (exact) mass is 493 g/mol. The molecule has 0 radical (unpaired) electrons. The lowest BCUT2D eigenvalue weighted by molar-refractivity contribution is 0.0952. The average Bonchev–Trinajstić information content (AvgIpc) is 3.30. The number of hydrogen-bond donors (Lipinski definition) is 1. The van der Waals surface area contributed by atoms with Crippen LogP contribution in [-0.2, 0) is 16.6 Å². The molecule has 0 spiro atoms. The fourth-order valence-electron chi connectivity index (χ4n) is 3.58. The summed E-state index contributed by atoms with van der Waals surface area (Å²) in [4.78, 5) is 14.7. The van der Waals surface area contributed by atoms with Crippen molar-refractivity contribution in [3.63, 3.8) is 0 Å². The van der Waals surface area contributed by atoms with Crippen molar-refractivity contribution in [3.8, 4) is 0 Å². The number of thiophene rings is 1. The number of nitrogens with one attached hydrogen (secondary N) is 1. The summed E-state index contributed by atoms with van der Waals surface area (Å²) in [5.74, 6) is -0.803. The van der Waals surface area contributed by atoms with E-state index >= 15 is 0 Å². The van der Waals surface area contributed by atoms with Crippen molar-refractivity contribution < 1.29 is 17.6 Å². The van der Waals surface area contributed by atoms with Crippen LogP contribution < -0.4 is 10.2 Å². The average molecular weight is 494 g/mol. The largest absolute Gasteiger partial charge is 0.367 e. The highest BCUT2D eigenvalue weighted by Gasteiger charge is 2.33. The lowest BCUT2D eigenvalue weighted by Crippen LogP contribution is -2.49. The second kappa shape index (κ2) is 9.58. The minimum atomic E-state index is -3.86. The maximum Gasteiger partial charge on any atom is 0.263 e. The maximum atomic E-state index is 14.1. The van der Waals surface area contributed by atoms with Gasteiger partial charge in [0.1, 0.15) is 15.6 Å². The Labute approximate surface area is 195 Å². The Morgan fingerprint density at radius 1 is 1.03 bits per heavy atom. The number of nitrogens with zero attached hydrogens (tertiary/aromatic N) is 2. The number of halogens is 2. The fourth-order valence-corrected chi connectivity index (χ4v) is 6.52. The third-order valence-electron chi connectivity index (χ3n) is 5.28. The molecule has 0 saturated carbocycles. The number of carbonyl (C=O) groups is 1. The van der Waals surface area contributed by atoms with Crippen molar-refractivity contribution in [2.75, 3.05) is 31.1 Å². The summed E-state index contributed by atoms with van der Waals surface area (Å²) in [6.45, 7) is 1.31. The van der Waals surface area contributed by atoms with Gasteiger partial charge < -0.3 is 10.2 Å². The molecule has 10 heteroatoms. The quantitative estimate of drug-likeness (QED) is 0.564. The van der Waals surface area contributed by atoms with Crippen LogP contribution in [-0.4, -0.2) is 44.8 Å². The van der Waals surface area contributed by atoms with Gasteiger partial charge in [-0.25, -0.2) is 12.8 Å². The summed E-state index contributed by atoms with van der Waals surface area (Å²) in [6, 6.07) is 15.0. The Hall–Kier alpha value is -2.46. The number of sulfonamides is 1. The third-order valence-corrected chi connectivity index (χ3v) is 8.63. The maximum absolute atomic E-state index is 14.1. The summed E-state index contributed by atoms with van der Waals surface area (Å²) in [5.41, 5.74) is 1.20. The van der Waals surface area contributed by atoms with Gasteiger partial charge in [-0.05, 0) is 35.2 Å². The van der Waals surface area contributed by atoms with E-state index in [2.05, 4.69) is 5.32 Å². The number of rotatable bonds is 6. The first-order chi connectivity index (χ1) is 15.4. The molecule has 6 nitrogen and oxygen atoms in total. The molecule has 0 atom stereocenters. The van der Waals surface area contributed by atoms with Crippen molar-refractivity contribution in [3.05, 3.63) is 81.3 Å². The van der Waals surface area contributed by atoms with E-state index in [0.717, 1.165) is 16.9 Å². The third kappa shape index (κ3) is 4.66. The Bertz CT molecular complexity index is 1220. The van der Waals surface area contributed by atoms with Crippen LogP contribution in [0.3, 0.4) is 0 Å². The fraction of sp³-hybridized carbons (Fsp3) is 0.227. The zero-order valence-corrected chi connectivity index (χ0v) is 19.4. The lowest BCUT2D eigenvalue weighted by atomic mass is 10.2. The Balaban J connectivity index is 1.45. The summed E-state index contributed by atoms with van der Waals surface area (Å²) in [7, 11) is -3.86. The van der Waals surface area contributed by atoms with Crippen LogP contribution in [0.25, 0.3) is 0 Å². The van der Waals surface area contributed by atoms with Crippen molar-refractivity contribution >= 4 is 44.6 Å². The van der Waals surface area contributed by atoms with Gasteiger partial charge in [0.05, 0.1) is 5.69 Å². The van der Waals surface area contributed by atoms with E-state index in [9.17, 15) is 17.6 Å². The molecular weight excluding hydrogens is 473 g/mol. The molecule has 1 aromatic heterocycles. The first-order valence-corrected chi connectivity index (χ1v) is 12.7. The number of piperazine rings is 1. The van der Waals surface area contributed by atoms with Crippen molar-refractivity contribution in [1.29, 1.82) is 0 Å². The molecule has 1 fully saturated rings. The van der Waals surface area contributed by atoms with Gasteiger partial charge in [0.15, 0.2) is 0 Å². The molecular formula is C22H21ClFN3O3S2. The number of para-hydroxylation sites is 1. The van der Waals surface area contributed by atoms with Crippen LogP contribution in [0.5, 0.6) is 0 Å². The van der Waals surface area contributed by atoms with Crippen LogP contribution in [0.4, 0.5) is 10.1 Å². The first kappa shape index (κ1) is 22.7. The molecule has 0 unspecified atom stereocenters. The number of amides is 1. The Kier molecular flexibility index (Phi) is 6.80. The van der Waals surface area contributed by atoms with Gasteiger partial charge in [-0.3, -0.25) is 4.79 Å². The SMILES string of the molecule is O=C(NCc1ccccc1Cl)c1sccc1S(=O)(=O)N1CCN(c2ccccc2F)CC1. The second-order valence-electron chi connectivity index (χ2n) is 7.23. The van der Waals surface area contributed by atoms with Crippen LogP contribution in [0.1, 0.15) is 15.2 Å². The second-order valence-corrected chi connectivity index (χ2v) is 10.5. The molecule has 0 bridgehead atoms. The van der Waals surface area contributed by atoms with Crippen molar-refractivity contribution in [1.82, 2.24) is 9.62 Å². The summed E-state index contributed by atoms with van der Waals surface area (Å²) < 4.78 is 41.9. The molecule has 168 valence electrons. The first-order valence-electron chi connectivity index (χ1n) is 9.96. The smallest absolute Gasteiger partial charge is 0.263 e. The van der Waals surface area contributed by atoms with Gasteiger partial charge in [0, 0.05) is 37.7 Å². The van der Waals surface area contributed by atoms with Gasteiger partial charge in [0.25, 0.3) is 5.91 Å². The number of benzene rings is 2. The molecule has 1 N–H and O–H groups in total. The molecule has 32 heavy (non-hydrogen) atoms. The van der Waals surface area contributed by atoms with E-state index in [1.807, 2.05) is 11.0 Å². The van der Waals surface area contributed by atoms with E-state index in [-0.39, 0.29) is 35.2 Å². The van der Waals surface area contributed by atoms with Crippen LogP contribution in [0.2, 0.25) is 5.02 Å². The van der Waals surface area contributed by atoms with Gasteiger partial charge in [-0.15, -0.1) is 11.3 Å². The summed E-state index contributed by atoms with van der Waals surface area (Å²) in [6.07, 6.45) is 0. The summed E-state index contributed by atoms with van der Waals surface area (Å²) >= 11 is 7.20. The molecule has 0 aliphatic carbocycles. The molecule has 1 aliphatic rings. The highest BCUT2D eigenvalue weighted by atomic mass is 35.5. The number of anilines is 1. The van der Waals surface area contributed by atoms with Crippen molar-refractivity contribution in [2.45, 2.75) is 11.4 Å². The van der Waals surface area contributed by atoms with Crippen molar-refractivity contribution in [2.24, 2.45) is 0 Å². The molecule has 1 saturated heterocycles. The predicted octanol–water partition coefficient (Wildman–Crippen LogP) is 3.98. The molecule has 1 amide bonds. The molecule has 3 aromatic rings. The van der Waals surface area contributed by atoms with Crippen LogP contribution in [0.15, 0.2) is 64.9 Å². The van der Waals surface area contributed by atoms with E-state index < -0.39 is 15.9 Å². The molecule has 2 heterocycles. The van der Waals surface area contributed by atoms with E-state index in [4.69, 9.17) is 11.6 Å². The molecule has 4 rings (SSSR count). The lowest BCUT2D eigenvalue weighted by Gasteiger charge is -2.35. The minimum Gasteiger partial charge on any atom is -0.367 e. The standard InChI is InChI=1S/C22H21ClFN3O3S2/c23-17-6-2-1-5-16(17)15-25-22(28)21-20(9-14-31-21)32(29,30)27-12-10-26(11-13-27)19-8-4-3-7-18(19)24/h1-9,14H,10-13,15H2,(H,25,28). The van der Waals surface area contributed by atoms with E-state index in [0.29, 0.717) is 23.8 Å². The topological polar surface area (TPSA) is 69.7 Å². The van der Waals surface area contributed by atoms with E-state index in [1.165, 1.54) is 16.4 Å². The highest BCUT2D eigenvalue weighted by Crippen LogP contribution is 2.28. The van der Waals surface area contributed by atoms with Gasteiger partial charge >= 0.3 is 0 Å². The number of carbonyl (C=O) groups excluding carboxylic acids is 1. The van der Waals surface area contributed by atoms with E-state index in [1.54, 1.807) is 41.8 Å². The minimum absolute atomic E-state index is 0.0153. The predicted molar refractivity (Wildman–Crippen MR) is 124 cm³/mol. The van der Waals surface area contributed by atoms with Gasteiger partial charge in [-0.2, -0.15) is 4.31 Å². The normalized spacial score (nSPS) is 15.0. The van der Waals surface area contributed by atoms with Gasteiger partial charge in [0.2, 0.25) is 10.0 Å². The Morgan fingerprint density at radius 3 is 2.44 bits per heavy atom. The number of hydrogen-bond acceptors (Lipinski definition) is 5. The summed E-state index contributed by atoms with van der Waals surface area (Å²) in [5, 5.41) is 4.86. The Morgan fingerprint density at radius 2 is 1.72 bits per heavy atom.